The van der Waals surface area contributed by atoms with Gasteiger partial charge in [0.1, 0.15) is 10.3 Å². The molecule has 0 aliphatic heterocycles. The fourth-order valence-corrected chi connectivity index (χ4v) is 2.52. The van der Waals surface area contributed by atoms with Gasteiger partial charge in [-0.25, -0.2) is 4.98 Å². The van der Waals surface area contributed by atoms with Crippen LogP contribution in [0.4, 0.5) is 0 Å². The monoisotopic (exact) mass is 374 g/mol. The third-order valence-electron chi connectivity index (χ3n) is 2.77. The average Bonchev–Trinajstić information content (AvgIpc) is 2.55. The second kappa shape index (κ2) is 4.97. The van der Waals surface area contributed by atoms with Crippen LogP contribution < -0.4 is 5.56 Å². The fraction of sp³-hybridized carbons (Fsp3) is 0.364. The van der Waals surface area contributed by atoms with E-state index in [0.29, 0.717) is 16.8 Å². The van der Waals surface area contributed by atoms with Gasteiger partial charge in [0.25, 0.3) is 5.56 Å². The van der Waals surface area contributed by atoms with Crippen molar-refractivity contribution in [1.29, 1.82) is 0 Å². The molecular weight excluding hydrogens is 364 g/mol. The highest BCUT2D eigenvalue weighted by atomic mass is 79.9. The van der Waals surface area contributed by atoms with Crippen LogP contribution in [-0.2, 0) is 13.6 Å². The Bertz CT molecular complexity index is 660. The molecule has 0 bridgehead atoms. The first-order valence-electron chi connectivity index (χ1n) is 5.31. The maximum absolute atomic E-state index is 12.1. The van der Waals surface area contributed by atoms with Crippen LogP contribution in [0.25, 0.3) is 0 Å². The van der Waals surface area contributed by atoms with Crippen LogP contribution in [0.2, 0.25) is 0 Å². The van der Waals surface area contributed by atoms with E-state index < -0.39 is 0 Å². The molecule has 0 N–H and O–H groups in total. The number of halogens is 2. The minimum Gasteiger partial charge on any atom is -0.290 e. The molecule has 96 valence electrons. The average molecular weight is 376 g/mol. The normalized spacial score (nSPS) is 10.9. The summed E-state index contributed by atoms with van der Waals surface area (Å²) in [6.45, 7) is 4.17. The van der Waals surface area contributed by atoms with Gasteiger partial charge < -0.3 is 0 Å². The summed E-state index contributed by atoms with van der Waals surface area (Å²) in [5.41, 5.74) is 1.76. The summed E-state index contributed by atoms with van der Waals surface area (Å²) in [7, 11) is 1.86. The molecule has 2 aromatic rings. The summed E-state index contributed by atoms with van der Waals surface area (Å²) in [4.78, 5) is 16.2. The predicted octanol–water partition coefficient (Wildman–Crippen LogP) is 2.17. The molecule has 0 radical (unpaired) electrons. The van der Waals surface area contributed by atoms with Crippen molar-refractivity contribution < 1.29 is 0 Å². The number of hydrogen-bond acceptors (Lipinski definition) is 3. The van der Waals surface area contributed by atoms with E-state index in [2.05, 4.69) is 41.9 Å². The molecule has 0 aliphatic carbocycles. The van der Waals surface area contributed by atoms with E-state index in [1.165, 1.54) is 6.20 Å². The van der Waals surface area contributed by atoms with Crippen LogP contribution in [0, 0.1) is 13.8 Å². The second-order valence-corrected chi connectivity index (χ2v) is 5.66. The second-order valence-electron chi connectivity index (χ2n) is 4.01. The quantitative estimate of drug-likeness (QED) is 0.808. The van der Waals surface area contributed by atoms with Crippen molar-refractivity contribution in [2.24, 2.45) is 7.05 Å². The third kappa shape index (κ3) is 2.29. The number of nitrogens with zero attached hydrogens (tertiary/aromatic N) is 4. The Morgan fingerprint density at radius 1 is 1.33 bits per heavy atom. The molecule has 5 nitrogen and oxygen atoms in total. The van der Waals surface area contributed by atoms with Crippen molar-refractivity contribution in [2.45, 2.75) is 20.4 Å². The fourth-order valence-electron chi connectivity index (χ4n) is 1.74. The van der Waals surface area contributed by atoms with Crippen molar-refractivity contribution in [3.63, 3.8) is 0 Å². The Hall–Kier alpha value is -0.950. The van der Waals surface area contributed by atoms with E-state index >= 15 is 0 Å². The van der Waals surface area contributed by atoms with E-state index in [1.54, 1.807) is 9.25 Å². The van der Waals surface area contributed by atoms with Crippen LogP contribution in [0.15, 0.2) is 19.9 Å². The molecule has 0 amide bonds. The summed E-state index contributed by atoms with van der Waals surface area (Å²) < 4.78 is 4.77. The Morgan fingerprint density at radius 3 is 2.56 bits per heavy atom. The van der Waals surface area contributed by atoms with Gasteiger partial charge in [-0.1, -0.05) is 0 Å². The number of hydrogen-bond donors (Lipinski definition) is 0. The van der Waals surface area contributed by atoms with Crippen LogP contribution in [0.3, 0.4) is 0 Å². The van der Waals surface area contributed by atoms with Crippen molar-refractivity contribution in [1.82, 2.24) is 19.3 Å². The molecule has 0 spiro atoms. The van der Waals surface area contributed by atoms with Crippen LogP contribution >= 0.6 is 31.9 Å². The van der Waals surface area contributed by atoms with Crippen LogP contribution in [-0.4, -0.2) is 19.3 Å². The molecule has 2 aromatic heterocycles. The first-order chi connectivity index (χ1) is 8.41. The molecule has 0 aromatic carbocycles. The Balaban J connectivity index is 2.53. The molecule has 2 heterocycles. The third-order valence-corrected chi connectivity index (χ3v) is 4.35. The lowest BCUT2D eigenvalue weighted by atomic mass is 10.3. The molecule has 0 saturated heterocycles. The summed E-state index contributed by atoms with van der Waals surface area (Å²) in [6, 6.07) is 0. The van der Waals surface area contributed by atoms with E-state index in [0.717, 1.165) is 15.9 Å². The number of rotatable bonds is 2. The Morgan fingerprint density at radius 2 is 2.00 bits per heavy atom. The summed E-state index contributed by atoms with van der Waals surface area (Å²) in [5.74, 6) is 0.675. The summed E-state index contributed by atoms with van der Waals surface area (Å²) in [5, 5.41) is 4.31. The maximum atomic E-state index is 12.1. The van der Waals surface area contributed by atoms with Gasteiger partial charge in [0.05, 0.1) is 22.4 Å². The van der Waals surface area contributed by atoms with Gasteiger partial charge in [0, 0.05) is 13.2 Å². The molecule has 0 unspecified atom stereocenters. The SMILES string of the molecule is Cc1nn(C)c(Cn2c(C)ncc(Br)c2=O)c1Br. The molecular formula is C11H12Br2N4O. The summed E-state index contributed by atoms with van der Waals surface area (Å²) in [6.07, 6.45) is 1.53. The number of aryl methyl sites for hydroxylation is 3. The van der Waals surface area contributed by atoms with Crippen molar-refractivity contribution in [2.75, 3.05) is 0 Å². The Kier molecular flexibility index (Phi) is 3.72. The standard InChI is InChI=1S/C11H12Br2N4O/c1-6-10(13)9(16(3)15-6)5-17-7(2)14-4-8(12)11(17)18/h4H,5H2,1-3H3. The van der Waals surface area contributed by atoms with E-state index in [1.807, 2.05) is 20.9 Å². The molecule has 2 rings (SSSR count). The molecule has 0 atom stereocenters. The number of aromatic nitrogens is 4. The first kappa shape index (κ1) is 13.5. The highest BCUT2D eigenvalue weighted by molar-refractivity contribution is 9.10. The van der Waals surface area contributed by atoms with Gasteiger partial charge in [-0.3, -0.25) is 14.0 Å². The van der Waals surface area contributed by atoms with Gasteiger partial charge in [0.2, 0.25) is 0 Å². The highest BCUT2D eigenvalue weighted by Gasteiger charge is 2.14. The lowest BCUT2D eigenvalue weighted by molar-refractivity contribution is 0.625. The van der Waals surface area contributed by atoms with Gasteiger partial charge >= 0.3 is 0 Å². The largest absolute Gasteiger partial charge is 0.290 e. The molecule has 0 saturated carbocycles. The molecule has 18 heavy (non-hydrogen) atoms. The van der Waals surface area contributed by atoms with E-state index in [-0.39, 0.29) is 5.56 Å². The topological polar surface area (TPSA) is 52.7 Å². The Labute approximate surface area is 121 Å². The zero-order valence-electron chi connectivity index (χ0n) is 10.2. The smallest absolute Gasteiger partial charge is 0.268 e. The predicted molar refractivity (Wildman–Crippen MR) is 75.7 cm³/mol. The first-order valence-corrected chi connectivity index (χ1v) is 6.90. The molecule has 0 fully saturated rings. The van der Waals surface area contributed by atoms with E-state index in [4.69, 9.17) is 0 Å². The lowest BCUT2D eigenvalue weighted by Crippen LogP contribution is -2.25. The van der Waals surface area contributed by atoms with Gasteiger partial charge in [-0.05, 0) is 45.7 Å². The van der Waals surface area contributed by atoms with Crippen molar-refractivity contribution in [3.05, 3.63) is 42.7 Å². The van der Waals surface area contributed by atoms with Crippen molar-refractivity contribution >= 4 is 31.9 Å². The lowest BCUT2D eigenvalue weighted by Gasteiger charge is -2.10. The zero-order chi connectivity index (χ0) is 13.4. The van der Waals surface area contributed by atoms with Gasteiger partial charge in [-0.2, -0.15) is 5.10 Å². The minimum atomic E-state index is -0.0896. The van der Waals surface area contributed by atoms with Crippen molar-refractivity contribution in [3.8, 4) is 0 Å². The molecule has 7 heteroatoms. The highest BCUT2D eigenvalue weighted by Crippen LogP contribution is 2.21. The molecule has 0 aliphatic rings. The minimum absolute atomic E-state index is 0.0896. The summed E-state index contributed by atoms with van der Waals surface area (Å²) >= 11 is 6.70. The van der Waals surface area contributed by atoms with Gasteiger partial charge in [-0.15, -0.1) is 0 Å². The van der Waals surface area contributed by atoms with Gasteiger partial charge in [0.15, 0.2) is 0 Å². The zero-order valence-corrected chi connectivity index (χ0v) is 13.4. The van der Waals surface area contributed by atoms with Crippen LogP contribution in [0.5, 0.6) is 0 Å². The maximum Gasteiger partial charge on any atom is 0.268 e. The van der Waals surface area contributed by atoms with E-state index in [9.17, 15) is 4.79 Å². The van der Waals surface area contributed by atoms with Crippen LogP contribution in [0.1, 0.15) is 17.2 Å².